The average molecular weight is 194 g/mol. The van der Waals surface area contributed by atoms with Gasteiger partial charge in [0.15, 0.2) is 0 Å². The van der Waals surface area contributed by atoms with Crippen LogP contribution in [-0.4, -0.2) is 10.9 Å². The third-order valence-corrected chi connectivity index (χ3v) is 3.53. The highest BCUT2D eigenvalue weighted by Gasteiger charge is 2.38. The predicted molar refractivity (Wildman–Crippen MR) is 55.9 cm³/mol. The number of allylic oxidation sites excluding steroid dienone is 2. The van der Waals surface area contributed by atoms with Crippen molar-refractivity contribution in [3.05, 3.63) is 24.3 Å². The Morgan fingerprint density at radius 3 is 2.50 bits per heavy atom. The first-order valence-corrected chi connectivity index (χ1v) is 5.54. The van der Waals surface area contributed by atoms with Gasteiger partial charge < -0.3 is 0 Å². The van der Waals surface area contributed by atoms with Crippen LogP contribution in [0.2, 0.25) is 0 Å². The van der Waals surface area contributed by atoms with Crippen molar-refractivity contribution >= 4 is 0 Å². The number of hydrogen-bond acceptors (Lipinski definition) is 2. The summed E-state index contributed by atoms with van der Waals surface area (Å²) in [7, 11) is 0. The second-order valence-corrected chi connectivity index (χ2v) is 4.37. The first-order valence-electron chi connectivity index (χ1n) is 5.54. The Morgan fingerprint density at radius 1 is 1.14 bits per heavy atom. The van der Waals surface area contributed by atoms with Crippen LogP contribution in [0.1, 0.15) is 38.5 Å². The molecule has 1 atom stereocenters. The average Bonchev–Trinajstić information content (AvgIpc) is 2.31. The molecule has 0 aromatic heterocycles. The molecule has 0 radical (unpaired) electrons. The van der Waals surface area contributed by atoms with E-state index in [1.165, 1.54) is 32.1 Å². The van der Waals surface area contributed by atoms with Gasteiger partial charge in [0, 0.05) is 6.42 Å². The van der Waals surface area contributed by atoms with Crippen molar-refractivity contribution in [2.45, 2.75) is 44.1 Å². The first-order chi connectivity index (χ1) is 6.87. The molecule has 0 aromatic rings. The van der Waals surface area contributed by atoms with E-state index in [9.17, 15) is 0 Å². The molecule has 2 rings (SSSR count). The number of hydrogen-bond donors (Lipinski definition) is 1. The summed E-state index contributed by atoms with van der Waals surface area (Å²) < 4.78 is 0. The molecule has 0 spiro atoms. The van der Waals surface area contributed by atoms with Crippen LogP contribution in [0.4, 0.5) is 0 Å². The monoisotopic (exact) mass is 194 g/mol. The van der Waals surface area contributed by atoms with Crippen molar-refractivity contribution in [1.29, 1.82) is 0 Å². The van der Waals surface area contributed by atoms with Crippen molar-refractivity contribution in [2.24, 2.45) is 5.92 Å². The maximum absolute atomic E-state index is 9.11. The molecule has 1 N–H and O–H groups in total. The van der Waals surface area contributed by atoms with Gasteiger partial charge in [0.25, 0.3) is 0 Å². The summed E-state index contributed by atoms with van der Waals surface area (Å²) in [6.45, 7) is 0. The standard InChI is InChI=1S/C12H18O2/c13-14-12(9-5-2-6-10-12)11-7-3-1-4-8-11/h2,5-6,9,11,13H,1,3-4,7-8,10H2. The maximum Gasteiger partial charge on any atom is 0.128 e. The molecule has 2 aliphatic rings. The summed E-state index contributed by atoms with van der Waals surface area (Å²) >= 11 is 0. The summed E-state index contributed by atoms with van der Waals surface area (Å²) in [5.74, 6) is 0.488. The van der Waals surface area contributed by atoms with Crippen molar-refractivity contribution < 1.29 is 10.1 Å². The van der Waals surface area contributed by atoms with E-state index in [1.807, 2.05) is 18.2 Å². The van der Waals surface area contributed by atoms with E-state index in [0.29, 0.717) is 5.92 Å². The van der Waals surface area contributed by atoms with E-state index in [0.717, 1.165) is 6.42 Å². The molecule has 1 unspecified atom stereocenters. The van der Waals surface area contributed by atoms with Gasteiger partial charge in [-0.25, -0.2) is 4.89 Å². The lowest BCUT2D eigenvalue weighted by molar-refractivity contribution is -0.322. The van der Waals surface area contributed by atoms with E-state index in [4.69, 9.17) is 10.1 Å². The van der Waals surface area contributed by atoms with Crippen LogP contribution in [0.15, 0.2) is 24.3 Å². The molecule has 0 heterocycles. The molecule has 2 heteroatoms. The molecule has 0 saturated heterocycles. The SMILES string of the molecule is OOC1(C2CCCCC2)C=CC=CC1. The normalized spacial score (nSPS) is 33.5. The highest BCUT2D eigenvalue weighted by molar-refractivity contribution is 5.20. The van der Waals surface area contributed by atoms with Gasteiger partial charge in [-0.2, -0.15) is 0 Å². The molecule has 0 bridgehead atoms. The maximum atomic E-state index is 9.11. The van der Waals surface area contributed by atoms with E-state index < -0.39 is 5.60 Å². The largest absolute Gasteiger partial charge is 0.251 e. The van der Waals surface area contributed by atoms with E-state index in [1.54, 1.807) is 0 Å². The van der Waals surface area contributed by atoms with Crippen LogP contribution >= 0.6 is 0 Å². The smallest absolute Gasteiger partial charge is 0.128 e. The van der Waals surface area contributed by atoms with Gasteiger partial charge in [0.05, 0.1) is 0 Å². The molecule has 0 amide bonds. The fraction of sp³-hybridized carbons (Fsp3) is 0.667. The van der Waals surface area contributed by atoms with Gasteiger partial charge >= 0.3 is 0 Å². The van der Waals surface area contributed by atoms with Gasteiger partial charge in [0.2, 0.25) is 0 Å². The highest BCUT2D eigenvalue weighted by Crippen LogP contribution is 2.39. The molecule has 2 aliphatic carbocycles. The van der Waals surface area contributed by atoms with Gasteiger partial charge in [-0.05, 0) is 24.8 Å². The molecule has 1 fully saturated rings. The predicted octanol–water partition coefficient (Wildman–Crippen LogP) is 3.31. The van der Waals surface area contributed by atoms with Crippen molar-refractivity contribution in [3.8, 4) is 0 Å². The third-order valence-electron chi connectivity index (χ3n) is 3.53. The Hall–Kier alpha value is -0.600. The first kappa shape index (κ1) is 9.94. The van der Waals surface area contributed by atoms with Crippen LogP contribution in [0.3, 0.4) is 0 Å². The summed E-state index contributed by atoms with van der Waals surface area (Å²) in [5.41, 5.74) is -0.421. The second kappa shape index (κ2) is 4.28. The fourth-order valence-electron chi connectivity index (χ4n) is 2.65. The third kappa shape index (κ3) is 1.77. The number of rotatable bonds is 2. The van der Waals surface area contributed by atoms with E-state index >= 15 is 0 Å². The molecule has 78 valence electrons. The van der Waals surface area contributed by atoms with E-state index in [-0.39, 0.29) is 0 Å². The minimum atomic E-state index is -0.421. The zero-order chi connectivity index (χ0) is 9.86. The lowest BCUT2D eigenvalue weighted by Crippen LogP contribution is -2.39. The Morgan fingerprint density at radius 2 is 1.93 bits per heavy atom. The molecular formula is C12H18O2. The van der Waals surface area contributed by atoms with Gasteiger partial charge in [-0.3, -0.25) is 5.26 Å². The van der Waals surface area contributed by atoms with Gasteiger partial charge in [-0.15, -0.1) is 0 Å². The van der Waals surface area contributed by atoms with Gasteiger partial charge in [-0.1, -0.05) is 37.5 Å². The summed E-state index contributed by atoms with van der Waals surface area (Å²) in [6.07, 6.45) is 15.1. The highest BCUT2D eigenvalue weighted by atomic mass is 17.1. The van der Waals surface area contributed by atoms with Crippen LogP contribution in [0.5, 0.6) is 0 Å². The molecule has 1 saturated carbocycles. The van der Waals surface area contributed by atoms with E-state index in [2.05, 4.69) is 6.08 Å². The second-order valence-electron chi connectivity index (χ2n) is 4.37. The zero-order valence-electron chi connectivity index (χ0n) is 8.48. The Bertz CT molecular complexity index is 239. The summed E-state index contributed by atoms with van der Waals surface area (Å²) in [6, 6.07) is 0. The molecule has 0 aromatic carbocycles. The minimum Gasteiger partial charge on any atom is -0.251 e. The lowest BCUT2D eigenvalue weighted by atomic mass is 9.74. The Labute approximate surface area is 85.2 Å². The van der Waals surface area contributed by atoms with Crippen LogP contribution < -0.4 is 0 Å². The van der Waals surface area contributed by atoms with Crippen LogP contribution in [-0.2, 0) is 4.89 Å². The van der Waals surface area contributed by atoms with Crippen LogP contribution in [0, 0.1) is 5.92 Å². The molecular weight excluding hydrogens is 176 g/mol. The molecule has 0 aliphatic heterocycles. The molecule has 14 heavy (non-hydrogen) atoms. The quantitative estimate of drug-likeness (QED) is 0.539. The van der Waals surface area contributed by atoms with Crippen molar-refractivity contribution in [2.75, 3.05) is 0 Å². The zero-order valence-corrected chi connectivity index (χ0v) is 8.48. The fourth-order valence-corrected chi connectivity index (χ4v) is 2.65. The summed E-state index contributed by atoms with van der Waals surface area (Å²) in [5, 5.41) is 9.11. The Balaban J connectivity index is 2.10. The topological polar surface area (TPSA) is 29.5 Å². The Kier molecular flexibility index (Phi) is 3.04. The van der Waals surface area contributed by atoms with Gasteiger partial charge in [0.1, 0.15) is 5.60 Å². The minimum absolute atomic E-state index is 0.421. The molecule has 2 nitrogen and oxygen atoms in total. The van der Waals surface area contributed by atoms with Crippen LogP contribution in [0.25, 0.3) is 0 Å². The van der Waals surface area contributed by atoms with Crippen molar-refractivity contribution in [3.63, 3.8) is 0 Å². The summed E-state index contributed by atoms with van der Waals surface area (Å²) in [4.78, 5) is 4.78. The lowest BCUT2D eigenvalue weighted by Gasteiger charge is -2.38. The van der Waals surface area contributed by atoms with Crippen molar-refractivity contribution in [1.82, 2.24) is 0 Å².